The summed E-state index contributed by atoms with van der Waals surface area (Å²) >= 11 is 0. The minimum absolute atomic E-state index is 0. The average Bonchev–Trinajstić information content (AvgIpc) is 2.85. The molecule has 2 rings (SSSR count). The molecule has 0 aliphatic rings. The normalized spacial score (nSPS) is 13.3. The molecule has 7 heteroatoms. The van der Waals surface area contributed by atoms with Crippen molar-refractivity contribution in [3.05, 3.63) is 47.5 Å². The van der Waals surface area contributed by atoms with Crippen molar-refractivity contribution in [3.8, 4) is 29.1 Å². The van der Waals surface area contributed by atoms with E-state index in [0.717, 1.165) is 43.0 Å². The van der Waals surface area contributed by atoms with Gasteiger partial charge in [0.2, 0.25) is 0 Å². The molecule has 0 radical (unpaired) electrons. The standard InChI is InChI=1S/C27H38N2O4.ClH/c1-19(2)27(18-28,22-10-12-24(31-5)26(16-22)33-7)13-8-14-29-17-20(3)21-9-11-23(30-4)25(15-21)32-6;/h9-12,15-16,19-20,29H,8,13-14,17H2,1-7H3;1H. The van der Waals surface area contributed by atoms with Gasteiger partial charge in [-0.15, -0.1) is 12.4 Å². The van der Waals surface area contributed by atoms with Gasteiger partial charge in [-0.25, -0.2) is 0 Å². The van der Waals surface area contributed by atoms with Crippen LogP contribution in [0, 0.1) is 17.2 Å². The Morgan fingerprint density at radius 2 is 1.41 bits per heavy atom. The summed E-state index contributed by atoms with van der Waals surface area (Å²) in [5.74, 6) is 3.28. The van der Waals surface area contributed by atoms with Crippen molar-refractivity contribution >= 4 is 12.4 Å². The Balaban J connectivity index is 0.00000578. The van der Waals surface area contributed by atoms with Crippen molar-refractivity contribution in [2.45, 2.75) is 44.9 Å². The molecular weight excluding hydrogens is 452 g/mol. The fourth-order valence-corrected chi connectivity index (χ4v) is 4.22. The quantitative estimate of drug-likeness (QED) is 0.361. The highest BCUT2D eigenvalue weighted by Gasteiger charge is 2.36. The van der Waals surface area contributed by atoms with E-state index in [4.69, 9.17) is 18.9 Å². The summed E-state index contributed by atoms with van der Waals surface area (Å²) in [6.07, 6.45) is 1.65. The summed E-state index contributed by atoms with van der Waals surface area (Å²) in [5, 5.41) is 13.8. The van der Waals surface area contributed by atoms with Crippen LogP contribution < -0.4 is 24.3 Å². The smallest absolute Gasteiger partial charge is 0.161 e. The van der Waals surface area contributed by atoms with E-state index < -0.39 is 5.41 Å². The molecular formula is C27H39ClN2O4. The second-order valence-corrected chi connectivity index (χ2v) is 8.63. The van der Waals surface area contributed by atoms with Crippen LogP contribution in [0.3, 0.4) is 0 Å². The van der Waals surface area contributed by atoms with Gasteiger partial charge in [0.05, 0.1) is 39.9 Å². The maximum Gasteiger partial charge on any atom is 0.161 e. The highest BCUT2D eigenvalue weighted by atomic mass is 35.5. The minimum Gasteiger partial charge on any atom is -0.493 e. The monoisotopic (exact) mass is 490 g/mol. The highest BCUT2D eigenvalue weighted by molar-refractivity contribution is 5.85. The Hall–Kier alpha value is -2.62. The third kappa shape index (κ3) is 6.71. The fraction of sp³-hybridized carbons (Fsp3) is 0.519. The second-order valence-electron chi connectivity index (χ2n) is 8.63. The molecule has 0 spiro atoms. The van der Waals surface area contributed by atoms with Gasteiger partial charge in [-0.1, -0.05) is 32.9 Å². The molecule has 0 aromatic heterocycles. The van der Waals surface area contributed by atoms with Crippen LogP contribution in [0.5, 0.6) is 23.0 Å². The maximum absolute atomic E-state index is 10.2. The molecule has 0 saturated carbocycles. The van der Waals surface area contributed by atoms with Crippen molar-refractivity contribution in [2.75, 3.05) is 41.5 Å². The van der Waals surface area contributed by atoms with Gasteiger partial charge in [-0.2, -0.15) is 5.26 Å². The Labute approximate surface area is 211 Å². The first-order chi connectivity index (χ1) is 15.9. The number of nitrogens with one attached hydrogen (secondary N) is 1. The molecule has 6 nitrogen and oxygen atoms in total. The average molecular weight is 491 g/mol. The summed E-state index contributed by atoms with van der Waals surface area (Å²) in [7, 11) is 6.53. The van der Waals surface area contributed by atoms with Crippen LogP contribution in [0.2, 0.25) is 0 Å². The second kappa shape index (κ2) is 13.9. The number of nitrogens with zero attached hydrogens (tertiary/aromatic N) is 1. The van der Waals surface area contributed by atoms with Crippen molar-refractivity contribution in [1.82, 2.24) is 5.32 Å². The van der Waals surface area contributed by atoms with Gasteiger partial charge in [0.15, 0.2) is 23.0 Å². The van der Waals surface area contributed by atoms with Gasteiger partial charge < -0.3 is 24.3 Å². The van der Waals surface area contributed by atoms with Crippen molar-refractivity contribution < 1.29 is 18.9 Å². The predicted octanol–water partition coefficient (Wildman–Crippen LogP) is 5.73. The molecule has 2 atom stereocenters. The van der Waals surface area contributed by atoms with Gasteiger partial charge in [0, 0.05) is 6.54 Å². The molecule has 2 aromatic carbocycles. The lowest BCUT2D eigenvalue weighted by molar-refractivity contribution is 0.340. The lowest BCUT2D eigenvalue weighted by Crippen LogP contribution is -2.32. The van der Waals surface area contributed by atoms with Gasteiger partial charge in [-0.05, 0) is 66.6 Å². The zero-order valence-corrected chi connectivity index (χ0v) is 22.3. The van der Waals surface area contributed by atoms with Gasteiger partial charge in [0.1, 0.15) is 0 Å². The number of ether oxygens (including phenoxy) is 4. The molecule has 0 heterocycles. The van der Waals surface area contributed by atoms with E-state index in [1.807, 2.05) is 30.3 Å². The minimum atomic E-state index is -0.587. The number of hydrogen-bond acceptors (Lipinski definition) is 6. The number of rotatable bonds is 13. The first-order valence-electron chi connectivity index (χ1n) is 11.4. The molecule has 1 N–H and O–H groups in total. The molecule has 0 aliphatic carbocycles. The number of nitriles is 1. The van der Waals surface area contributed by atoms with Crippen molar-refractivity contribution in [3.63, 3.8) is 0 Å². The molecule has 0 amide bonds. The van der Waals surface area contributed by atoms with Crippen LogP contribution in [-0.2, 0) is 5.41 Å². The van der Waals surface area contributed by atoms with E-state index in [1.165, 1.54) is 5.56 Å². The first-order valence-corrected chi connectivity index (χ1v) is 11.4. The zero-order chi connectivity index (χ0) is 24.4. The maximum atomic E-state index is 10.2. The van der Waals surface area contributed by atoms with Crippen LogP contribution in [0.15, 0.2) is 36.4 Å². The largest absolute Gasteiger partial charge is 0.493 e. The van der Waals surface area contributed by atoms with Crippen LogP contribution >= 0.6 is 12.4 Å². The lowest BCUT2D eigenvalue weighted by Gasteiger charge is -2.32. The topological polar surface area (TPSA) is 72.7 Å². The van der Waals surface area contributed by atoms with Crippen LogP contribution in [0.4, 0.5) is 0 Å². The fourth-order valence-electron chi connectivity index (χ4n) is 4.22. The summed E-state index contributed by atoms with van der Waals surface area (Å²) < 4.78 is 21.6. The third-order valence-corrected chi connectivity index (χ3v) is 6.44. The summed E-state index contributed by atoms with van der Waals surface area (Å²) in [5.41, 5.74) is 1.58. The van der Waals surface area contributed by atoms with Gasteiger partial charge in [-0.3, -0.25) is 0 Å². The third-order valence-electron chi connectivity index (χ3n) is 6.44. The van der Waals surface area contributed by atoms with Crippen LogP contribution in [0.25, 0.3) is 0 Å². The Bertz CT molecular complexity index is 945. The van der Waals surface area contributed by atoms with Gasteiger partial charge in [0.25, 0.3) is 0 Å². The Morgan fingerprint density at radius 3 is 1.94 bits per heavy atom. The van der Waals surface area contributed by atoms with Crippen LogP contribution in [-0.4, -0.2) is 41.5 Å². The molecule has 188 valence electrons. The summed E-state index contributed by atoms with van der Waals surface area (Å²) in [4.78, 5) is 0. The molecule has 2 unspecified atom stereocenters. The molecule has 0 aliphatic heterocycles. The highest BCUT2D eigenvalue weighted by Crippen LogP contribution is 2.40. The molecule has 0 saturated heterocycles. The lowest BCUT2D eigenvalue weighted by atomic mass is 9.69. The van der Waals surface area contributed by atoms with Crippen LogP contribution in [0.1, 0.15) is 50.7 Å². The van der Waals surface area contributed by atoms with E-state index >= 15 is 0 Å². The predicted molar refractivity (Wildman–Crippen MR) is 139 cm³/mol. The van der Waals surface area contributed by atoms with E-state index in [0.29, 0.717) is 17.4 Å². The van der Waals surface area contributed by atoms with Gasteiger partial charge >= 0.3 is 0 Å². The first kappa shape index (κ1) is 29.4. The van der Waals surface area contributed by atoms with E-state index in [-0.39, 0.29) is 18.3 Å². The Kier molecular flexibility index (Phi) is 12.1. The summed E-state index contributed by atoms with van der Waals surface area (Å²) in [6.45, 7) is 8.07. The molecule has 34 heavy (non-hydrogen) atoms. The Morgan fingerprint density at radius 1 is 0.853 bits per heavy atom. The number of hydrogen-bond donors (Lipinski definition) is 1. The molecule has 0 bridgehead atoms. The van der Waals surface area contributed by atoms with E-state index in [1.54, 1.807) is 28.4 Å². The summed E-state index contributed by atoms with van der Waals surface area (Å²) in [6, 6.07) is 14.5. The zero-order valence-electron chi connectivity index (χ0n) is 21.4. The number of halogens is 1. The number of benzene rings is 2. The van der Waals surface area contributed by atoms with E-state index in [2.05, 4.69) is 38.2 Å². The molecule has 2 aromatic rings. The number of methoxy groups -OCH3 is 4. The SMILES string of the molecule is COc1ccc(C(C)CNCCCC(C#N)(c2ccc(OC)c(OC)c2)C(C)C)cc1OC.Cl. The van der Waals surface area contributed by atoms with Crippen molar-refractivity contribution in [1.29, 1.82) is 5.26 Å². The van der Waals surface area contributed by atoms with Crippen molar-refractivity contribution in [2.24, 2.45) is 5.92 Å². The van der Waals surface area contributed by atoms with E-state index in [9.17, 15) is 5.26 Å². The molecule has 0 fully saturated rings.